The van der Waals surface area contributed by atoms with Gasteiger partial charge in [0.1, 0.15) is 5.75 Å². The average Bonchev–Trinajstić information content (AvgIpc) is 2.54. The van der Waals surface area contributed by atoms with E-state index in [0.717, 1.165) is 22.8 Å². The molecule has 0 saturated heterocycles. The number of hydrogen-bond donors (Lipinski definition) is 1. The van der Waals surface area contributed by atoms with Crippen LogP contribution in [0.1, 0.15) is 11.1 Å². The lowest BCUT2D eigenvalue weighted by Crippen LogP contribution is -2.30. The van der Waals surface area contributed by atoms with Crippen LogP contribution >= 0.6 is 11.8 Å². The van der Waals surface area contributed by atoms with Crippen molar-refractivity contribution in [3.8, 4) is 5.75 Å². The van der Waals surface area contributed by atoms with Crippen LogP contribution in [0, 0.1) is 6.92 Å². The Labute approximate surface area is 136 Å². The molecular weight excluding hydrogens is 294 g/mol. The van der Waals surface area contributed by atoms with E-state index in [0.29, 0.717) is 6.54 Å². The molecular formula is C18H21NO2S. The minimum atomic E-state index is -0.0817. The van der Waals surface area contributed by atoms with Crippen LogP contribution in [0.5, 0.6) is 5.75 Å². The van der Waals surface area contributed by atoms with E-state index in [1.54, 1.807) is 0 Å². The third kappa shape index (κ3) is 6.22. The summed E-state index contributed by atoms with van der Waals surface area (Å²) in [5.41, 5.74) is 2.43. The van der Waals surface area contributed by atoms with Crippen molar-refractivity contribution < 1.29 is 9.53 Å². The van der Waals surface area contributed by atoms with E-state index in [1.165, 1.54) is 5.56 Å². The first kappa shape index (κ1) is 16.4. The fourth-order valence-corrected chi connectivity index (χ4v) is 2.75. The van der Waals surface area contributed by atoms with E-state index >= 15 is 0 Å². The highest BCUT2D eigenvalue weighted by atomic mass is 32.2. The third-order valence-electron chi connectivity index (χ3n) is 3.04. The molecule has 0 spiro atoms. The molecule has 0 saturated carbocycles. The van der Waals surface area contributed by atoms with Gasteiger partial charge in [-0.25, -0.2) is 0 Å². The molecule has 0 aromatic heterocycles. The summed E-state index contributed by atoms with van der Waals surface area (Å²) in [5.74, 6) is 2.51. The van der Waals surface area contributed by atoms with Crippen molar-refractivity contribution in [1.82, 2.24) is 5.32 Å². The number of thioether (sulfide) groups is 1. The number of ether oxygens (including phenoxy) is 1. The molecule has 0 aliphatic heterocycles. The van der Waals surface area contributed by atoms with Crippen LogP contribution in [0.4, 0.5) is 0 Å². The highest BCUT2D eigenvalue weighted by molar-refractivity contribution is 7.98. The summed E-state index contributed by atoms with van der Waals surface area (Å²) in [4.78, 5) is 11.7. The Balaban J connectivity index is 1.56. The largest absolute Gasteiger partial charge is 0.484 e. The topological polar surface area (TPSA) is 38.3 Å². The third-order valence-corrected chi connectivity index (χ3v) is 4.07. The molecule has 22 heavy (non-hydrogen) atoms. The smallest absolute Gasteiger partial charge is 0.257 e. The molecule has 0 aliphatic carbocycles. The van der Waals surface area contributed by atoms with Crippen molar-refractivity contribution in [1.29, 1.82) is 0 Å². The van der Waals surface area contributed by atoms with Crippen molar-refractivity contribution in [2.75, 3.05) is 18.9 Å². The molecule has 1 N–H and O–H groups in total. The number of carbonyl (C=O) groups is 1. The Morgan fingerprint density at radius 2 is 1.95 bits per heavy atom. The van der Waals surface area contributed by atoms with Crippen LogP contribution < -0.4 is 10.1 Å². The maximum Gasteiger partial charge on any atom is 0.257 e. The number of hydrogen-bond acceptors (Lipinski definition) is 3. The molecule has 0 bridgehead atoms. The van der Waals surface area contributed by atoms with Crippen LogP contribution in [0.3, 0.4) is 0 Å². The zero-order valence-corrected chi connectivity index (χ0v) is 13.6. The van der Waals surface area contributed by atoms with E-state index in [-0.39, 0.29) is 12.5 Å². The van der Waals surface area contributed by atoms with Crippen LogP contribution in [0.25, 0.3) is 0 Å². The summed E-state index contributed by atoms with van der Waals surface area (Å²) in [7, 11) is 0. The van der Waals surface area contributed by atoms with Gasteiger partial charge in [0, 0.05) is 18.1 Å². The number of nitrogens with one attached hydrogen (secondary N) is 1. The highest BCUT2D eigenvalue weighted by Crippen LogP contribution is 2.12. The number of amides is 1. The number of benzene rings is 2. The number of aryl methyl sites for hydroxylation is 1. The van der Waals surface area contributed by atoms with E-state index in [4.69, 9.17) is 4.74 Å². The molecule has 0 atom stereocenters. The molecule has 0 radical (unpaired) electrons. The Kier molecular flexibility index (Phi) is 6.84. The van der Waals surface area contributed by atoms with E-state index < -0.39 is 0 Å². The first-order valence-electron chi connectivity index (χ1n) is 7.32. The van der Waals surface area contributed by atoms with E-state index in [2.05, 4.69) is 17.4 Å². The molecule has 2 aromatic carbocycles. The van der Waals surface area contributed by atoms with Crippen LogP contribution in [0.15, 0.2) is 54.6 Å². The van der Waals surface area contributed by atoms with E-state index in [9.17, 15) is 4.79 Å². The fourth-order valence-electron chi connectivity index (χ4n) is 1.93. The van der Waals surface area contributed by atoms with Gasteiger partial charge in [-0.2, -0.15) is 11.8 Å². The zero-order chi connectivity index (χ0) is 15.6. The Hall–Kier alpha value is -1.94. The quantitative estimate of drug-likeness (QED) is 0.759. The Morgan fingerprint density at radius 1 is 1.14 bits per heavy atom. The predicted molar refractivity (Wildman–Crippen MR) is 92.3 cm³/mol. The molecule has 2 aromatic rings. The molecule has 0 unspecified atom stereocenters. The van der Waals surface area contributed by atoms with Crippen LogP contribution in [-0.4, -0.2) is 24.8 Å². The summed E-state index contributed by atoms with van der Waals surface area (Å²) in [6.45, 7) is 2.72. The summed E-state index contributed by atoms with van der Waals surface area (Å²) < 4.78 is 5.46. The van der Waals surface area contributed by atoms with Gasteiger partial charge in [0.05, 0.1) is 0 Å². The Morgan fingerprint density at radius 3 is 2.73 bits per heavy atom. The minimum Gasteiger partial charge on any atom is -0.484 e. The van der Waals surface area contributed by atoms with Crippen molar-refractivity contribution >= 4 is 17.7 Å². The van der Waals surface area contributed by atoms with Crippen molar-refractivity contribution in [2.24, 2.45) is 0 Å². The molecule has 4 heteroatoms. The predicted octanol–water partition coefficient (Wildman–Crippen LogP) is 3.42. The fraction of sp³-hybridized carbons (Fsp3) is 0.278. The van der Waals surface area contributed by atoms with Crippen molar-refractivity contribution in [3.63, 3.8) is 0 Å². The summed E-state index contributed by atoms with van der Waals surface area (Å²) in [5, 5.41) is 2.87. The molecule has 2 rings (SSSR count). The van der Waals surface area contributed by atoms with Gasteiger partial charge in [0.15, 0.2) is 6.61 Å². The summed E-state index contributed by atoms with van der Waals surface area (Å²) >= 11 is 1.81. The molecule has 0 aliphatic rings. The van der Waals surface area contributed by atoms with Crippen molar-refractivity contribution in [2.45, 2.75) is 12.7 Å². The van der Waals surface area contributed by atoms with Crippen LogP contribution in [-0.2, 0) is 10.5 Å². The van der Waals surface area contributed by atoms with Gasteiger partial charge in [-0.3, -0.25) is 4.79 Å². The second-order valence-corrected chi connectivity index (χ2v) is 6.10. The molecule has 116 valence electrons. The normalized spacial score (nSPS) is 10.2. The Bertz CT molecular complexity index is 587. The van der Waals surface area contributed by atoms with Gasteiger partial charge < -0.3 is 10.1 Å². The van der Waals surface area contributed by atoms with E-state index in [1.807, 2.05) is 61.2 Å². The maximum absolute atomic E-state index is 11.7. The molecule has 0 fully saturated rings. The summed E-state index contributed by atoms with van der Waals surface area (Å²) in [6.07, 6.45) is 0. The SMILES string of the molecule is Cc1cccc(OCC(=O)NCCSCc2ccccc2)c1. The maximum atomic E-state index is 11.7. The van der Waals surface area contributed by atoms with Gasteiger partial charge in [-0.15, -0.1) is 0 Å². The minimum absolute atomic E-state index is 0.0623. The van der Waals surface area contributed by atoms with Crippen molar-refractivity contribution in [3.05, 3.63) is 65.7 Å². The second kappa shape index (κ2) is 9.15. The first-order valence-corrected chi connectivity index (χ1v) is 8.47. The lowest BCUT2D eigenvalue weighted by molar-refractivity contribution is -0.122. The molecule has 3 nitrogen and oxygen atoms in total. The average molecular weight is 315 g/mol. The first-order chi connectivity index (χ1) is 10.7. The van der Waals surface area contributed by atoms with Gasteiger partial charge in [-0.1, -0.05) is 42.5 Å². The lowest BCUT2D eigenvalue weighted by Gasteiger charge is -2.08. The summed E-state index contributed by atoms with van der Waals surface area (Å²) in [6, 6.07) is 18.0. The number of carbonyl (C=O) groups excluding carboxylic acids is 1. The van der Waals surface area contributed by atoms with Crippen LogP contribution in [0.2, 0.25) is 0 Å². The van der Waals surface area contributed by atoms with Gasteiger partial charge in [-0.05, 0) is 30.2 Å². The highest BCUT2D eigenvalue weighted by Gasteiger charge is 2.02. The lowest BCUT2D eigenvalue weighted by atomic mass is 10.2. The number of rotatable bonds is 8. The van der Waals surface area contributed by atoms with Gasteiger partial charge >= 0.3 is 0 Å². The second-order valence-electron chi connectivity index (χ2n) is 4.99. The van der Waals surface area contributed by atoms with Gasteiger partial charge in [0.2, 0.25) is 0 Å². The monoisotopic (exact) mass is 315 g/mol. The zero-order valence-electron chi connectivity index (χ0n) is 12.7. The van der Waals surface area contributed by atoms with Gasteiger partial charge in [0.25, 0.3) is 5.91 Å². The standard InChI is InChI=1S/C18H21NO2S/c1-15-6-5-9-17(12-15)21-13-18(20)19-10-11-22-14-16-7-3-2-4-8-16/h2-9,12H,10-11,13-14H2,1H3,(H,19,20). The molecule has 1 amide bonds. The molecule has 0 heterocycles.